The third kappa shape index (κ3) is 4.30. The minimum Gasteiger partial charge on any atom is -0.371 e. The van der Waals surface area contributed by atoms with Gasteiger partial charge in [0.2, 0.25) is 5.91 Å². The van der Waals surface area contributed by atoms with Crippen LogP contribution in [-0.2, 0) is 11.2 Å². The summed E-state index contributed by atoms with van der Waals surface area (Å²) in [7, 11) is 0. The molecule has 0 saturated carbocycles. The van der Waals surface area contributed by atoms with Crippen LogP contribution in [0.1, 0.15) is 36.7 Å². The van der Waals surface area contributed by atoms with Crippen molar-refractivity contribution in [3.8, 4) is 0 Å². The Labute approximate surface area is 171 Å². The van der Waals surface area contributed by atoms with Crippen LogP contribution in [0.3, 0.4) is 0 Å². The van der Waals surface area contributed by atoms with Crippen molar-refractivity contribution in [2.45, 2.75) is 33.2 Å². The Balaban J connectivity index is 1.74. The van der Waals surface area contributed by atoms with Gasteiger partial charge >= 0.3 is 0 Å². The lowest BCUT2D eigenvalue weighted by molar-refractivity contribution is -0.118. The van der Waals surface area contributed by atoms with Crippen molar-refractivity contribution < 1.29 is 9.59 Å². The monoisotopic (exact) mass is 399 g/mol. The van der Waals surface area contributed by atoms with Gasteiger partial charge in [0.1, 0.15) is 6.04 Å². The van der Waals surface area contributed by atoms with Gasteiger partial charge in [-0.15, -0.1) is 0 Å². The average Bonchev–Trinajstić information content (AvgIpc) is 3.08. The van der Waals surface area contributed by atoms with E-state index < -0.39 is 6.04 Å². The molecule has 148 valence electrons. The molecule has 0 bridgehead atoms. The van der Waals surface area contributed by atoms with Crippen LogP contribution in [0, 0.1) is 5.92 Å². The average molecular weight is 400 g/mol. The van der Waals surface area contributed by atoms with Gasteiger partial charge in [-0.05, 0) is 49.1 Å². The Morgan fingerprint density at radius 2 is 1.93 bits per heavy atom. The Kier molecular flexibility index (Phi) is 6.25. The summed E-state index contributed by atoms with van der Waals surface area (Å²) in [4.78, 5) is 27.8. The van der Waals surface area contributed by atoms with E-state index in [1.807, 2.05) is 26.0 Å². The highest BCUT2D eigenvalue weighted by atomic mass is 35.5. The van der Waals surface area contributed by atoms with E-state index in [2.05, 4.69) is 28.5 Å². The van der Waals surface area contributed by atoms with Crippen LogP contribution in [0.5, 0.6) is 0 Å². The third-order valence-electron chi connectivity index (χ3n) is 5.08. The second kappa shape index (κ2) is 8.65. The maximum absolute atomic E-state index is 12.9. The second-order valence-corrected chi connectivity index (χ2v) is 7.74. The number of rotatable bonds is 6. The number of hydrogen-bond donors (Lipinski definition) is 2. The molecule has 2 N–H and O–H groups in total. The summed E-state index contributed by atoms with van der Waals surface area (Å²) < 4.78 is 0. The van der Waals surface area contributed by atoms with E-state index in [0.717, 1.165) is 25.2 Å². The highest BCUT2D eigenvalue weighted by molar-refractivity contribution is 6.33. The van der Waals surface area contributed by atoms with Crippen molar-refractivity contribution >= 4 is 34.8 Å². The van der Waals surface area contributed by atoms with Gasteiger partial charge in [0.15, 0.2) is 0 Å². The van der Waals surface area contributed by atoms with Crippen LogP contribution in [0.15, 0.2) is 42.5 Å². The maximum atomic E-state index is 12.9. The first-order chi connectivity index (χ1) is 13.4. The lowest BCUT2D eigenvalue weighted by Crippen LogP contribution is -2.47. The molecule has 5 nitrogen and oxygen atoms in total. The van der Waals surface area contributed by atoms with Crippen molar-refractivity contribution in [3.63, 3.8) is 0 Å². The van der Waals surface area contributed by atoms with Gasteiger partial charge in [0.05, 0.1) is 10.6 Å². The molecule has 0 radical (unpaired) electrons. The summed E-state index contributed by atoms with van der Waals surface area (Å²) in [5, 5.41) is 6.14. The Morgan fingerprint density at radius 1 is 1.18 bits per heavy atom. The number of hydrogen-bond acceptors (Lipinski definition) is 3. The number of anilines is 2. The molecule has 0 fully saturated rings. The van der Waals surface area contributed by atoms with Gasteiger partial charge in [-0.3, -0.25) is 9.59 Å². The Hall–Kier alpha value is -2.53. The molecule has 1 atom stereocenters. The number of nitrogens with zero attached hydrogens (tertiary/aromatic N) is 1. The molecule has 0 spiro atoms. The number of likely N-dealkylation sites (N-methyl/N-ethyl adjacent to an activating group) is 1. The second-order valence-electron chi connectivity index (χ2n) is 7.34. The summed E-state index contributed by atoms with van der Waals surface area (Å²) in [5.41, 5.74) is 3.56. The zero-order chi connectivity index (χ0) is 20.3. The number of nitrogens with one attached hydrogen (secondary N) is 2. The molecule has 1 unspecified atom stereocenters. The molecule has 3 rings (SSSR count). The number of carbonyl (C=O) groups is 2. The lowest BCUT2D eigenvalue weighted by Gasteiger charge is -2.23. The molecular formula is C22H26ClN3O2. The zero-order valence-electron chi connectivity index (χ0n) is 16.5. The molecule has 0 aliphatic carbocycles. The summed E-state index contributed by atoms with van der Waals surface area (Å²) in [6.45, 7) is 7.87. The molecule has 1 heterocycles. The molecule has 1 aliphatic heterocycles. The van der Waals surface area contributed by atoms with Crippen LogP contribution in [0.25, 0.3) is 0 Å². The molecular weight excluding hydrogens is 374 g/mol. The summed E-state index contributed by atoms with van der Waals surface area (Å²) >= 11 is 6.11. The lowest BCUT2D eigenvalue weighted by atomic mass is 10.0. The molecule has 2 aromatic rings. The van der Waals surface area contributed by atoms with Crippen LogP contribution < -0.4 is 15.5 Å². The van der Waals surface area contributed by atoms with Crippen LogP contribution in [-0.4, -0.2) is 30.9 Å². The molecule has 1 aliphatic rings. The molecule has 2 aromatic carbocycles. The Morgan fingerprint density at radius 3 is 2.61 bits per heavy atom. The van der Waals surface area contributed by atoms with E-state index in [9.17, 15) is 9.59 Å². The maximum Gasteiger partial charge on any atom is 0.253 e. The Bertz CT molecular complexity index is 882. The van der Waals surface area contributed by atoms with Crippen molar-refractivity contribution in [1.82, 2.24) is 5.32 Å². The van der Waals surface area contributed by atoms with Gasteiger partial charge in [-0.1, -0.05) is 43.6 Å². The van der Waals surface area contributed by atoms with Crippen LogP contribution in [0.4, 0.5) is 11.4 Å². The first kappa shape index (κ1) is 20.2. The van der Waals surface area contributed by atoms with Crippen molar-refractivity contribution in [1.29, 1.82) is 0 Å². The van der Waals surface area contributed by atoms with Crippen molar-refractivity contribution in [2.24, 2.45) is 5.92 Å². The van der Waals surface area contributed by atoms with Gasteiger partial charge < -0.3 is 15.5 Å². The van der Waals surface area contributed by atoms with Gasteiger partial charge in [0, 0.05) is 24.5 Å². The summed E-state index contributed by atoms with van der Waals surface area (Å²) in [6.07, 6.45) is 1.03. The molecule has 6 heteroatoms. The predicted molar refractivity (Wildman–Crippen MR) is 114 cm³/mol. The predicted octanol–water partition coefficient (Wildman–Crippen LogP) is 4.12. The van der Waals surface area contributed by atoms with E-state index >= 15 is 0 Å². The fraction of sp³-hybridized carbons (Fsp3) is 0.364. The summed E-state index contributed by atoms with van der Waals surface area (Å²) in [5.74, 6) is -0.671. The zero-order valence-corrected chi connectivity index (χ0v) is 17.2. The standard InChI is InChI=1S/C22H26ClN3O2/c1-4-26-12-11-15-9-10-16(13-19(15)26)24-22(28)20(14(2)3)25-21(27)17-7-5-6-8-18(17)23/h5-10,13-14,20H,4,11-12H2,1-3H3,(H,24,28)(H,25,27). The van der Waals surface area contributed by atoms with Crippen LogP contribution >= 0.6 is 11.6 Å². The molecule has 2 amide bonds. The minimum absolute atomic E-state index is 0.0759. The van der Waals surface area contributed by atoms with E-state index in [1.165, 1.54) is 11.3 Å². The topological polar surface area (TPSA) is 61.4 Å². The van der Waals surface area contributed by atoms with Gasteiger partial charge in [-0.2, -0.15) is 0 Å². The van der Waals surface area contributed by atoms with Crippen LogP contribution in [0.2, 0.25) is 5.02 Å². The third-order valence-corrected chi connectivity index (χ3v) is 5.41. The van der Waals surface area contributed by atoms with E-state index in [1.54, 1.807) is 24.3 Å². The van der Waals surface area contributed by atoms with Crippen molar-refractivity contribution in [2.75, 3.05) is 23.3 Å². The highest BCUT2D eigenvalue weighted by Crippen LogP contribution is 2.30. The molecule has 0 saturated heterocycles. The van der Waals surface area contributed by atoms with Gasteiger partial charge in [0.25, 0.3) is 5.91 Å². The smallest absolute Gasteiger partial charge is 0.253 e. The first-order valence-corrected chi connectivity index (χ1v) is 10.0. The normalized spacial score (nSPS) is 14.0. The highest BCUT2D eigenvalue weighted by Gasteiger charge is 2.26. The SMILES string of the molecule is CCN1CCc2ccc(NC(=O)C(NC(=O)c3ccccc3Cl)C(C)C)cc21. The van der Waals surface area contributed by atoms with Gasteiger partial charge in [-0.25, -0.2) is 0 Å². The molecule has 0 aromatic heterocycles. The van der Waals surface area contributed by atoms with Crippen molar-refractivity contribution in [3.05, 3.63) is 58.6 Å². The number of halogens is 1. The number of benzene rings is 2. The number of amides is 2. The quantitative estimate of drug-likeness (QED) is 0.768. The fourth-order valence-corrected chi connectivity index (χ4v) is 3.69. The molecule has 28 heavy (non-hydrogen) atoms. The number of carbonyl (C=O) groups excluding carboxylic acids is 2. The minimum atomic E-state index is -0.667. The first-order valence-electron chi connectivity index (χ1n) is 9.64. The summed E-state index contributed by atoms with van der Waals surface area (Å²) in [6, 6.07) is 12.1. The number of fused-ring (bicyclic) bond motifs is 1. The van der Waals surface area contributed by atoms with E-state index in [0.29, 0.717) is 10.6 Å². The van der Waals surface area contributed by atoms with E-state index in [4.69, 9.17) is 11.6 Å². The fourth-order valence-electron chi connectivity index (χ4n) is 3.47. The largest absolute Gasteiger partial charge is 0.371 e. The van der Waals surface area contributed by atoms with E-state index in [-0.39, 0.29) is 17.7 Å².